The smallest absolute Gasteiger partial charge is 0.407 e. The van der Waals surface area contributed by atoms with Gasteiger partial charge in [0.15, 0.2) is 11.5 Å². The Hall–Kier alpha value is -4.00. The van der Waals surface area contributed by atoms with Crippen molar-refractivity contribution in [1.29, 1.82) is 0 Å². The number of ether oxygens (including phenoxy) is 4. The van der Waals surface area contributed by atoms with Gasteiger partial charge in [0, 0.05) is 31.1 Å². The number of carboxylic acids is 2. The molecule has 1 aromatic carbocycles. The van der Waals surface area contributed by atoms with Crippen molar-refractivity contribution < 1.29 is 53.2 Å². The van der Waals surface area contributed by atoms with Crippen LogP contribution in [0.4, 0.5) is 9.59 Å². The number of nitrogens with one attached hydrogen (secondary N) is 3. The van der Waals surface area contributed by atoms with Gasteiger partial charge in [0.05, 0.1) is 26.7 Å². The minimum Gasteiger partial charge on any atom is -0.545 e. The number of para-hydroxylation sites is 1. The minimum atomic E-state index is -1.51. The fourth-order valence-electron chi connectivity index (χ4n) is 2.94. The molecule has 13 heteroatoms. The zero-order valence-corrected chi connectivity index (χ0v) is 21.7. The number of hydrogen-bond acceptors (Lipinski definition) is 9. The van der Waals surface area contributed by atoms with Crippen molar-refractivity contribution in [2.24, 2.45) is 0 Å². The van der Waals surface area contributed by atoms with Crippen LogP contribution in [0.25, 0.3) is 0 Å². The van der Waals surface area contributed by atoms with Crippen molar-refractivity contribution in [2.75, 3.05) is 60.2 Å². The largest absolute Gasteiger partial charge is 0.545 e. The topological polar surface area (TPSA) is 177 Å². The first-order valence-corrected chi connectivity index (χ1v) is 11.6. The fourth-order valence-corrected chi connectivity index (χ4v) is 2.94. The molecule has 2 amide bonds. The molecule has 0 aliphatic carbocycles. The molecule has 4 N–H and O–H groups in total. The van der Waals surface area contributed by atoms with Crippen molar-refractivity contribution in [3.05, 3.63) is 35.9 Å². The predicted molar refractivity (Wildman–Crippen MR) is 131 cm³/mol. The lowest BCUT2D eigenvalue weighted by Crippen LogP contribution is -3.13. The van der Waals surface area contributed by atoms with Crippen LogP contribution in [0, 0.1) is 0 Å². The zero-order valence-electron chi connectivity index (χ0n) is 21.7. The van der Waals surface area contributed by atoms with Crippen molar-refractivity contribution in [2.45, 2.75) is 20.3 Å². The van der Waals surface area contributed by atoms with E-state index in [0.717, 1.165) is 23.4 Å². The summed E-state index contributed by atoms with van der Waals surface area (Å²) in [5, 5.41) is 22.4. The Morgan fingerprint density at radius 1 is 0.919 bits per heavy atom. The van der Waals surface area contributed by atoms with E-state index in [0.29, 0.717) is 49.8 Å². The molecule has 37 heavy (non-hydrogen) atoms. The number of rotatable bonds is 15. The van der Waals surface area contributed by atoms with E-state index in [2.05, 4.69) is 10.6 Å². The molecule has 0 saturated heterocycles. The third kappa shape index (κ3) is 16.3. The van der Waals surface area contributed by atoms with Crippen LogP contribution in [-0.4, -0.2) is 89.4 Å². The molecule has 0 aliphatic heterocycles. The van der Waals surface area contributed by atoms with E-state index in [1.807, 2.05) is 32.0 Å². The molecule has 0 saturated carbocycles. The fraction of sp³-hybridized carbons (Fsp3) is 0.500. The van der Waals surface area contributed by atoms with Crippen LogP contribution < -0.4 is 30.1 Å². The number of quaternary nitrogens is 1. The lowest BCUT2D eigenvalue weighted by atomic mass is 10.1. The molecule has 0 radical (unpaired) electrons. The summed E-state index contributed by atoms with van der Waals surface area (Å²) in [7, 11) is 3.23. The molecule has 0 unspecified atom stereocenters. The normalized spacial score (nSPS) is 10.2. The van der Waals surface area contributed by atoms with Crippen LogP contribution in [0.3, 0.4) is 0 Å². The average molecular weight is 528 g/mol. The zero-order chi connectivity index (χ0) is 28.1. The molecular weight excluding hydrogens is 490 g/mol. The Morgan fingerprint density at radius 3 is 1.89 bits per heavy atom. The van der Waals surface area contributed by atoms with Crippen molar-refractivity contribution in [3.63, 3.8) is 0 Å². The minimum absolute atomic E-state index is 0.275. The standard InChI is InChI=1S/C20H33N3O6.C4H4O4/c1-5-21-19(24)28-14-12-23(13-15-29-20(25)22-6-2)11-10-16-8-7-9-17(26-3)18(16)27-4;5-3(6)1-2-4(7)8/h7-9H,5-6,10-15H2,1-4H3,(H,21,24)(H,22,25);1-2H,(H,5,6)(H,7,8)/b;2-1-. The Kier molecular flexibility index (Phi) is 18.0. The van der Waals surface area contributed by atoms with Gasteiger partial charge in [-0.3, -0.25) is 0 Å². The van der Waals surface area contributed by atoms with Gasteiger partial charge in [-0.15, -0.1) is 0 Å². The highest BCUT2D eigenvalue weighted by Gasteiger charge is 2.15. The Balaban J connectivity index is 0.00000139. The number of carbonyl (C=O) groups excluding carboxylic acids is 3. The van der Waals surface area contributed by atoms with Crippen LogP contribution in [0.1, 0.15) is 19.4 Å². The molecule has 13 nitrogen and oxygen atoms in total. The Morgan fingerprint density at radius 2 is 1.49 bits per heavy atom. The van der Waals surface area contributed by atoms with E-state index in [4.69, 9.17) is 24.1 Å². The summed E-state index contributed by atoms with van der Waals surface area (Å²) in [5.41, 5.74) is 1.03. The van der Waals surface area contributed by atoms with Gasteiger partial charge in [-0.2, -0.15) is 0 Å². The number of amides is 2. The van der Waals surface area contributed by atoms with Gasteiger partial charge < -0.3 is 49.5 Å². The van der Waals surface area contributed by atoms with Gasteiger partial charge in [-0.1, -0.05) is 12.1 Å². The quantitative estimate of drug-likeness (QED) is 0.207. The molecule has 0 atom stereocenters. The van der Waals surface area contributed by atoms with E-state index >= 15 is 0 Å². The maximum atomic E-state index is 11.5. The highest BCUT2D eigenvalue weighted by molar-refractivity contribution is 5.88. The number of carbonyl (C=O) groups is 4. The van der Waals surface area contributed by atoms with E-state index in [9.17, 15) is 24.3 Å². The number of aliphatic carboxylic acids is 2. The number of methoxy groups -OCH3 is 2. The maximum absolute atomic E-state index is 11.5. The summed E-state index contributed by atoms with van der Waals surface area (Å²) in [5.74, 6) is -1.40. The molecule has 1 rings (SSSR count). The van der Waals surface area contributed by atoms with Gasteiger partial charge in [0.2, 0.25) is 0 Å². The molecule has 0 fully saturated rings. The number of hydrogen-bond donors (Lipinski definition) is 4. The van der Waals surface area contributed by atoms with Gasteiger partial charge >= 0.3 is 18.2 Å². The molecular formula is C24H37N3O10. The average Bonchev–Trinajstić information content (AvgIpc) is 2.86. The summed E-state index contributed by atoms with van der Waals surface area (Å²) in [4.78, 5) is 43.1. The molecule has 0 bridgehead atoms. The van der Waals surface area contributed by atoms with Crippen LogP contribution in [0.5, 0.6) is 11.5 Å². The Bertz CT molecular complexity index is 836. The van der Waals surface area contributed by atoms with Crippen LogP contribution in [0.2, 0.25) is 0 Å². The highest BCUT2D eigenvalue weighted by Crippen LogP contribution is 2.30. The second-order valence-electron chi connectivity index (χ2n) is 7.23. The number of carboxylic acid groups (broad SMARTS) is 2. The summed E-state index contributed by atoms with van der Waals surface area (Å²) in [6, 6.07) is 5.77. The number of benzene rings is 1. The monoisotopic (exact) mass is 527 g/mol. The van der Waals surface area contributed by atoms with Crippen LogP contribution in [0.15, 0.2) is 30.4 Å². The molecule has 0 aliphatic rings. The third-order valence-corrected chi connectivity index (χ3v) is 4.61. The molecule has 0 spiro atoms. The van der Waals surface area contributed by atoms with E-state index in [1.165, 1.54) is 0 Å². The van der Waals surface area contributed by atoms with E-state index in [1.54, 1.807) is 14.2 Å². The van der Waals surface area contributed by atoms with E-state index in [-0.39, 0.29) is 13.2 Å². The second-order valence-corrected chi connectivity index (χ2v) is 7.23. The SMILES string of the molecule is CCNC(=O)OCC[NH+](CCOC(=O)NCC)CCc1cccc(OC)c1OC.O=C([O-])/C=C\C(=O)O. The summed E-state index contributed by atoms with van der Waals surface area (Å²) in [6.07, 6.45) is 0.815. The molecule has 0 aromatic heterocycles. The predicted octanol–water partition coefficient (Wildman–Crippen LogP) is -0.999. The van der Waals surface area contributed by atoms with Crippen molar-refractivity contribution in [1.82, 2.24) is 10.6 Å². The van der Waals surface area contributed by atoms with Crippen molar-refractivity contribution >= 4 is 24.1 Å². The second kappa shape index (κ2) is 20.2. The van der Waals surface area contributed by atoms with Gasteiger partial charge in [-0.25, -0.2) is 14.4 Å². The molecule has 208 valence electrons. The van der Waals surface area contributed by atoms with Gasteiger partial charge in [0.25, 0.3) is 0 Å². The van der Waals surface area contributed by atoms with Gasteiger partial charge in [-0.05, 0) is 26.0 Å². The van der Waals surface area contributed by atoms with Gasteiger partial charge in [0.1, 0.15) is 26.3 Å². The van der Waals surface area contributed by atoms with Crippen LogP contribution in [-0.2, 0) is 25.5 Å². The molecule has 1 aromatic rings. The first kappa shape index (κ1) is 33.0. The lowest BCUT2D eigenvalue weighted by molar-refractivity contribution is -0.900. The Labute approximate surface area is 216 Å². The number of alkyl carbamates (subject to hydrolysis) is 2. The van der Waals surface area contributed by atoms with E-state index < -0.39 is 24.1 Å². The summed E-state index contributed by atoms with van der Waals surface area (Å²) >= 11 is 0. The van der Waals surface area contributed by atoms with Crippen LogP contribution >= 0.6 is 0 Å². The maximum Gasteiger partial charge on any atom is 0.407 e. The summed E-state index contributed by atoms with van der Waals surface area (Å²) in [6.45, 7) is 7.20. The van der Waals surface area contributed by atoms with Crippen molar-refractivity contribution in [3.8, 4) is 11.5 Å². The highest BCUT2D eigenvalue weighted by atomic mass is 16.6. The summed E-state index contributed by atoms with van der Waals surface area (Å²) < 4.78 is 21.2. The first-order chi connectivity index (χ1) is 17.7. The molecule has 0 heterocycles. The lowest BCUT2D eigenvalue weighted by Gasteiger charge is -2.20. The first-order valence-electron chi connectivity index (χ1n) is 11.6. The third-order valence-electron chi connectivity index (χ3n) is 4.61.